The molecule has 1 aromatic carbocycles. The van der Waals surface area contributed by atoms with Gasteiger partial charge in [0, 0.05) is 19.3 Å². The zero-order chi connectivity index (χ0) is 15.3. The number of aliphatic hydroxyl groups is 1. The number of hydrogen-bond donors (Lipinski definition) is 2. The highest BCUT2D eigenvalue weighted by molar-refractivity contribution is 6.39. The fourth-order valence-electron chi connectivity index (χ4n) is 1.35. The number of carbonyl (C=O) groups is 2. The first kappa shape index (κ1) is 16.0. The molecule has 0 unspecified atom stereocenters. The quantitative estimate of drug-likeness (QED) is 0.819. The second-order valence-electron chi connectivity index (χ2n) is 3.98. The number of aliphatic hydroxyl groups excluding tert-OH is 1. The summed E-state index contributed by atoms with van der Waals surface area (Å²) in [6.07, 6.45) is -4.46. The van der Waals surface area contributed by atoms with Crippen molar-refractivity contribution in [1.29, 1.82) is 0 Å². The summed E-state index contributed by atoms with van der Waals surface area (Å²) in [6.45, 7) is -0.310. The first-order valence-electron chi connectivity index (χ1n) is 5.60. The van der Waals surface area contributed by atoms with Crippen LogP contribution in [-0.2, 0) is 15.8 Å². The van der Waals surface area contributed by atoms with Crippen LogP contribution < -0.4 is 5.32 Å². The number of likely N-dealkylation sites (N-methyl/N-ethyl adjacent to an activating group) is 1. The van der Waals surface area contributed by atoms with E-state index in [0.717, 1.165) is 29.2 Å². The number of anilines is 1. The topological polar surface area (TPSA) is 69.6 Å². The SMILES string of the molecule is CN(CCO)C(=O)C(=O)Nc1ccc(C(F)(F)F)cc1. The number of hydrogen-bond acceptors (Lipinski definition) is 3. The third-order valence-corrected chi connectivity index (χ3v) is 2.45. The Bertz CT molecular complexity index is 486. The lowest BCUT2D eigenvalue weighted by molar-refractivity contribution is -0.142. The van der Waals surface area contributed by atoms with Crippen LogP contribution in [0.4, 0.5) is 18.9 Å². The molecule has 0 aromatic heterocycles. The predicted molar refractivity (Wildman–Crippen MR) is 64.8 cm³/mol. The Kier molecular flexibility index (Phi) is 5.09. The largest absolute Gasteiger partial charge is 0.416 e. The maximum absolute atomic E-state index is 12.3. The summed E-state index contributed by atoms with van der Waals surface area (Å²) < 4.78 is 37.0. The Hall–Kier alpha value is -2.09. The fraction of sp³-hybridized carbons (Fsp3) is 0.333. The molecule has 0 saturated carbocycles. The molecule has 110 valence electrons. The van der Waals surface area contributed by atoms with Crippen LogP contribution >= 0.6 is 0 Å². The third-order valence-electron chi connectivity index (χ3n) is 2.45. The molecule has 1 rings (SSSR count). The van der Waals surface area contributed by atoms with Gasteiger partial charge in [-0.05, 0) is 24.3 Å². The Morgan fingerprint density at radius 2 is 1.80 bits per heavy atom. The molecule has 0 atom stereocenters. The third kappa shape index (κ3) is 4.23. The fourth-order valence-corrected chi connectivity index (χ4v) is 1.35. The summed E-state index contributed by atoms with van der Waals surface area (Å²) in [4.78, 5) is 24.0. The molecule has 0 aliphatic rings. The molecule has 0 bridgehead atoms. The molecule has 20 heavy (non-hydrogen) atoms. The van der Waals surface area contributed by atoms with Crippen LogP contribution in [0.25, 0.3) is 0 Å². The van der Waals surface area contributed by atoms with Crippen molar-refractivity contribution in [3.63, 3.8) is 0 Å². The van der Waals surface area contributed by atoms with E-state index in [9.17, 15) is 22.8 Å². The van der Waals surface area contributed by atoms with Gasteiger partial charge in [-0.3, -0.25) is 9.59 Å². The van der Waals surface area contributed by atoms with E-state index in [0.29, 0.717) is 0 Å². The van der Waals surface area contributed by atoms with Crippen molar-refractivity contribution < 1.29 is 27.9 Å². The standard InChI is InChI=1S/C12H13F3N2O3/c1-17(6-7-18)11(20)10(19)16-9-4-2-8(3-5-9)12(13,14)15/h2-5,18H,6-7H2,1H3,(H,16,19). The van der Waals surface area contributed by atoms with Gasteiger partial charge in [-0.15, -0.1) is 0 Å². The minimum atomic E-state index is -4.46. The Morgan fingerprint density at radius 3 is 2.25 bits per heavy atom. The number of carbonyl (C=O) groups excluding carboxylic acids is 2. The molecular weight excluding hydrogens is 277 g/mol. The second-order valence-corrected chi connectivity index (χ2v) is 3.98. The van der Waals surface area contributed by atoms with E-state index >= 15 is 0 Å². The Labute approximate surface area is 113 Å². The van der Waals surface area contributed by atoms with Crippen molar-refractivity contribution in [3.8, 4) is 0 Å². The van der Waals surface area contributed by atoms with E-state index in [1.165, 1.54) is 7.05 Å². The normalized spacial score (nSPS) is 11.1. The van der Waals surface area contributed by atoms with E-state index in [-0.39, 0.29) is 18.8 Å². The maximum atomic E-state index is 12.3. The monoisotopic (exact) mass is 290 g/mol. The van der Waals surface area contributed by atoms with Crippen molar-refractivity contribution in [3.05, 3.63) is 29.8 Å². The van der Waals surface area contributed by atoms with E-state index in [1.54, 1.807) is 0 Å². The number of nitrogens with zero attached hydrogens (tertiary/aromatic N) is 1. The summed E-state index contributed by atoms with van der Waals surface area (Å²) in [5.74, 6) is -1.88. The molecule has 8 heteroatoms. The Morgan fingerprint density at radius 1 is 1.25 bits per heavy atom. The summed E-state index contributed by atoms with van der Waals surface area (Å²) in [5, 5.41) is 10.8. The van der Waals surface area contributed by atoms with Crippen LogP contribution in [0.3, 0.4) is 0 Å². The van der Waals surface area contributed by atoms with Gasteiger partial charge in [0.15, 0.2) is 0 Å². The second kappa shape index (κ2) is 6.38. The minimum absolute atomic E-state index is 0.0146. The molecule has 2 N–H and O–H groups in total. The van der Waals surface area contributed by atoms with Gasteiger partial charge in [0.25, 0.3) is 0 Å². The lowest BCUT2D eigenvalue weighted by atomic mass is 10.2. The summed E-state index contributed by atoms with van der Waals surface area (Å²) in [7, 11) is 1.32. The van der Waals surface area contributed by atoms with Crippen LogP contribution in [0.2, 0.25) is 0 Å². The van der Waals surface area contributed by atoms with E-state index in [2.05, 4.69) is 5.32 Å². The molecular formula is C12H13F3N2O3. The van der Waals surface area contributed by atoms with Crippen molar-refractivity contribution in [2.75, 3.05) is 25.5 Å². The zero-order valence-electron chi connectivity index (χ0n) is 10.6. The number of halogens is 3. The van der Waals surface area contributed by atoms with Crippen molar-refractivity contribution in [1.82, 2.24) is 4.90 Å². The average molecular weight is 290 g/mol. The highest BCUT2D eigenvalue weighted by atomic mass is 19.4. The van der Waals surface area contributed by atoms with Gasteiger partial charge in [-0.2, -0.15) is 13.2 Å². The zero-order valence-corrected chi connectivity index (χ0v) is 10.6. The van der Waals surface area contributed by atoms with Crippen molar-refractivity contribution >= 4 is 17.5 Å². The summed E-state index contributed by atoms with van der Waals surface area (Å²) >= 11 is 0. The van der Waals surface area contributed by atoms with Gasteiger partial charge in [-0.25, -0.2) is 0 Å². The van der Waals surface area contributed by atoms with Crippen LogP contribution in [0.15, 0.2) is 24.3 Å². The van der Waals surface area contributed by atoms with Gasteiger partial charge in [0.05, 0.1) is 12.2 Å². The number of nitrogens with one attached hydrogen (secondary N) is 1. The van der Waals surface area contributed by atoms with Crippen molar-refractivity contribution in [2.45, 2.75) is 6.18 Å². The molecule has 2 amide bonds. The lowest BCUT2D eigenvalue weighted by Gasteiger charge is -2.15. The molecule has 0 spiro atoms. The molecule has 5 nitrogen and oxygen atoms in total. The van der Waals surface area contributed by atoms with E-state index in [1.807, 2.05) is 0 Å². The molecule has 0 saturated heterocycles. The summed E-state index contributed by atoms with van der Waals surface area (Å²) in [6, 6.07) is 3.72. The van der Waals surface area contributed by atoms with Gasteiger partial charge in [0.1, 0.15) is 0 Å². The van der Waals surface area contributed by atoms with Crippen LogP contribution in [0.5, 0.6) is 0 Å². The van der Waals surface area contributed by atoms with Crippen LogP contribution in [0.1, 0.15) is 5.56 Å². The van der Waals surface area contributed by atoms with Crippen LogP contribution in [0, 0.1) is 0 Å². The molecule has 0 fully saturated rings. The van der Waals surface area contributed by atoms with E-state index in [4.69, 9.17) is 5.11 Å². The highest BCUT2D eigenvalue weighted by Crippen LogP contribution is 2.29. The number of alkyl halides is 3. The van der Waals surface area contributed by atoms with E-state index < -0.39 is 23.6 Å². The molecule has 0 heterocycles. The molecule has 1 aromatic rings. The first-order chi connectivity index (χ1) is 9.25. The predicted octanol–water partition coefficient (Wildman–Crippen LogP) is 1.09. The number of benzene rings is 1. The molecule has 0 aliphatic carbocycles. The number of rotatable bonds is 3. The van der Waals surface area contributed by atoms with Gasteiger partial charge in [0.2, 0.25) is 0 Å². The Balaban J connectivity index is 2.69. The summed E-state index contributed by atoms with van der Waals surface area (Å²) in [5.41, 5.74) is -0.770. The average Bonchev–Trinajstić information content (AvgIpc) is 2.37. The van der Waals surface area contributed by atoms with Gasteiger partial charge >= 0.3 is 18.0 Å². The maximum Gasteiger partial charge on any atom is 0.416 e. The first-order valence-corrected chi connectivity index (χ1v) is 5.60. The lowest BCUT2D eigenvalue weighted by Crippen LogP contribution is -2.38. The van der Waals surface area contributed by atoms with Crippen molar-refractivity contribution in [2.24, 2.45) is 0 Å². The molecule has 0 aliphatic heterocycles. The molecule has 0 radical (unpaired) electrons. The minimum Gasteiger partial charge on any atom is -0.395 e. The highest BCUT2D eigenvalue weighted by Gasteiger charge is 2.30. The number of amides is 2. The van der Waals surface area contributed by atoms with Gasteiger partial charge in [-0.1, -0.05) is 0 Å². The van der Waals surface area contributed by atoms with Crippen LogP contribution in [-0.4, -0.2) is 42.0 Å². The smallest absolute Gasteiger partial charge is 0.395 e. The van der Waals surface area contributed by atoms with Gasteiger partial charge < -0.3 is 15.3 Å².